The van der Waals surface area contributed by atoms with E-state index in [-0.39, 0.29) is 5.75 Å². The molecule has 23 heavy (non-hydrogen) atoms. The van der Waals surface area contributed by atoms with Crippen molar-refractivity contribution in [3.8, 4) is 11.5 Å². The minimum atomic E-state index is 0.173. The lowest BCUT2D eigenvalue weighted by atomic mass is 10.2. The number of hydrazone groups is 1. The predicted octanol–water partition coefficient (Wildman–Crippen LogP) is 2.79. The summed E-state index contributed by atoms with van der Waals surface area (Å²) in [6.45, 7) is 3.19. The van der Waals surface area contributed by atoms with Crippen LogP contribution in [0, 0.1) is 0 Å². The maximum atomic E-state index is 9.61. The van der Waals surface area contributed by atoms with Crippen molar-refractivity contribution in [1.82, 2.24) is 10.7 Å². The second kappa shape index (κ2) is 8.75. The Morgan fingerprint density at radius 2 is 1.96 bits per heavy atom. The molecule has 3 N–H and O–H groups in total. The third-order valence-corrected chi connectivity index (χ3v) is 3.23. The van der Waals surface area contributed by atoms with Crippen molar-refractivity contribution in [1.29, 1.82) is 0 Å². The van der Waals surface area contributed by atoms with E-state index < -0.39 is 0 Å². The molecule has 0 spiro atoms. The fraction of sp³-hybridized carbons (Fsp3) is 0.176. The van der Waals surface area contributed by atoms with Gasteiger partial charge >= 0.3 is 0 Å². The topological polar surface area (TPSA) is 65.9 Å². The first-order valence-corrected chi connectivity index (χ1v) is 7.66. The SMILES string of the molecule is CCOc1ccc(CNC(=S)N/N=C/c2ccccc2O)cc1. The maximum absolute atomic E-state index is 9.61. The summed E-state index contributed by atoms with van der Waals surface area (Å²) in [5.74, 6) is 1.02. The Kier molecular flexibility index (Phi) is 6.38. The van der Waals surface area contributed by atoms with Crippen molar-refractivity contribution in [3.63, 3.8) is 0 Å². The molecule has 2 rings (SSSR count). The summed E-state index contributed by atoms with van der Waals surface area (Å²) >= 11 is 5.15. The first-order valence-electron chi connectivity index (χ1n) is 7.25. The van der Waals surface area contributed by atoms with Crippen LogP contribution in [0.2, 0.25) is 0 Å². The molecule has 0 atom stereocenters. The molecule has 0 saturated heterocycles. The average molecular weight is 329 g/mol. The fourth-order valence-electron chi connectivity index (χ4n) is 1.85. The number of phenolic OH excluding ortho intramolecular Hbond substituents is 1. The first-order chi connectivity index (χ1) is 11.2. The lowest BCUT2D eigenvalue weighted by molar-refractivity contribution is 0.340. The summed E-state index contributed by atoms with van der Waals surface area (Å²) in [4.78, 5) is 0. The minimum absolute atomic E-state index is 0.173. The molecular formula is C17H19N3O2S. The van der Waals surface area contributed by atoms with Gasteiger partial charge in [-0.2, -0.15) is 5.10 Å². The number of nitrogens with zero attached hydrogens (tertiary/aromatic N) is 1. The summed E-state index contributed by atoms with van der Waals surface area (Å²) in [7, 11) is 0. The summed E-state index contributed by atoms with van der Waals surface area (Å²) < 4.78 is 5.39. The van der Waals surface area contributed by atoms with E-state index in [1.54, 1.807) is 18.2 Å². The number of benzene rings is 2. The molecule has 0 amide bonds. The third kappa shape index (κ3) is 5.60. The Balaban J connectivity index is 1.78. The van der Waals surface area contributed by atoms with Crippen LogP contribution in [0.3, 0.4) is 0 Å². The Morgan fingerprint density at radius 3 is 2.65 bits per heavy atom. The molecule has 0 unspecified atom stereocenters. The van der Waals surface area contributed by atoms with Gasteiger partial charge in [-0.25, -0.2) is 0 Å². The predicted molar refractivity (Wildman–Crippen MR) is 95.9 cm³/mol. The Morgan fingerprint density at radius 1 is 1.22 bits per heavy atom. The maximum Gasteiger partial charge on any atom is 0.187 e. The molecule has 0 heterocycles. The molecule has 5 nitrogen and oxygen atoms in total. The van der Waals surface area contributed by atoms with Crippen molar-refractivity contribution in [2.24, 2.45) is 5.10 Å². The average Bonchev–Trinajstić information content (AvgIpc) is 2.56. The second-order valence-electron chi connectivity index (χ2n) is 4.69. The van der Waals surface area contributed by atoms with Gasteiger partial charge in [0.25, 0.3) is 0 Å². The van der Waals surface area contributed by atoms with Crippen LogP contribution < -0.4 is 15.5 Å². The van der Waals surface area contributed by atoms with Crippen LogP contribution in [0.25, 0.3) is 0 Å². The van der Waals surface area contributed by atoms with Crippen LogP contribution in [0.1, 0.15) is 18.1 Å². The molecule has 0 bridgehead atoms. The van der Waals surface area contributed by atoms with Crippen LogP contribution in [0.4, 0.5) is 0 Å². The number of rotatable bonds is 6. The molecule has 6 heteroatoms. The first kappa shape index (κ1) is 16.8. The number of hydrogen-bond acceptors (Lipinski definition) is 4. The zero-order chi connectivity index (χ0) is 16.5. The zero-order valence-corrected chi connectivity index (χ0v) is 13.6. The smallest absolute Gasteiger partial charge is 0.187 e. The molecule has 0 aliphatic carbocycles. The standard InChI is InChI=1S/C17H19N3O2S/c1-2-22-15-9-7-13(8-10-15)11-18-17(23)20-19-12-14-5-3-4-6-16(14)21/h3-10,12,21H,2,11H2,1H3,(H2,18,20,23)/b19-12+. The quantitative estimate of drug-likeness (QED) is 0.432. The lowest BCUT2D eigenvalue weighted by Crippen LogP contribution is -2.31. The highest BCUT2D eigenvalue weighted by Crippen LogP contribution is 2.13. The van der Waals surface area contributed by atoms with Crippen LogP contribution >= 0.6 is 12.2 Å². The van der Waals surface area contributed by atoms with Crippen molar-refractivity contribution in [3.05, 3.63) is 59.7 Å². The van der Waals surface area contributed by atoms with Crippen molar-refractivity contribution >= 4 is 23.5 Å². The second-order valence-corrected chi connectivity index (χ2v) is 5.10. The number of ether oxygens (including phenoxy) is 1. The van der Waals surface area contributed by atoms with Gasteiger partial charge in [0.2, 0.25) is 0 Å². The van der Waals surface area contributed by atoms with E-state index in [9.17, 15) is 5.11 Å². The van der Waals surface area contributed by atoms with Gasteiger partial charge in [-0.15, -0.1) is 0 Å². The van der Waals surface area contributed by atoms with Crippen molar-refractivity contribution in [2.75, 3.05) is 6.61 Å². The van der Waals surface area contributed by atoms with Gasteiger partial charge in [0.1, 0.15) is 11.5 Å². The normalized spacial score (nSPS) is 10.5. The van der Waals surface area contributed by atoms with Crippen LogP contribution in [0.5, 0.6) is 11.5 Å². The highest BCUT2D eigenvalue weighted by Gasteiger charge is 1.98. The molecule has 0 aromatic heterocycles. The van der Waals surface area contributed by atoms with Crippen molar-refractivity contribution in [2.45, 2.75) is 13.5 Å². The molecule has 0 saturated carbocycles. The number of phenols is 1. The summed E-state index contributed by atoms with van der Waals surface area (Å²) in [5, 5.41) is 17.1. The molecule has 0 fully saturated rings. The Labute approximate surface area is 141 Å². The number of thiocarbonyl (C=S) groups is 1. The van der Waals surface area contributed by atoms with E-state index >= 15 is 0 Å². The summed E-state index contributed by atoms with van der Waals surface area (Å²) in [6.07, 6.45) is 1.51. The molecule has 120 valence electrons. The largest absolute Gasteiger partial charge is 0.507 e. The van der Waals surface area contributed by atoms with E-state index in [4.69, 9.17) is 17.0 Å². The molecule has 0 radical (unpaired) electrons. The van der Waals surface area contributed by atoms with Crippen LogP contribution in [0.15, 0.2) is 53.6 Å². The number of aromatic hydroxyl groups is 1. The number of nitrogens with one attached hydrogen (secondary N) is 2. The zero-order valence-electron chi connectivity index (χ0n) is 12.8. The Bertz CT molecular complexity index is 672. The van der Waals surface area contributed by atoms with Crippen LogP contribution in [-0.2, 0) is 6.54 Å². The van der Waals surface area contributed by atoms with Gasteiger partial charge < -0.3 is 15.2 Å². The molecular weight excluding hydrogens is 310 g/mol. The number of para-hydroxylation sites is 1. The summed E-state index contributed by atoms with van der Waals surface area (Å²) in [5.41, 5.74) is 4.42. The van der Waals surface area contributed by atoms with Crippen LogP contribution in [-0.4, -0.2) is 23.0 Å². The van der Waals surface area contributed by atoms with Gasteiger partial charge in [0.15, 0.2) is 5.11 Å². The van der Waals surface area contributed by atoms with Gasteiger partial charge in [0, 0.05) is 12.1 Å². The van der Waals surface area contributed by atoms with E-state index in [1.807, 2.05) is 37.3 Å². The van der Waals surface area contributed by atoms with Gasteiger partial charge in [-0.3, -0.25) is 5.43 Å². The number of hydrogen-bond donors (Lipinski definition) is 3. The third-order valence-electron chi connectivity index (χ3n) is 2.99. The van der Waals surface area contributed by atoms with E-state index in [1.165, 1.54) is 6.21 Å². The molecule has 2 aromatic rings. The van der Waals surface area contributed by atoms with E-state index in [0.717, 1.165) is 11.3 Å². The van der Waals surface area contributed by atoms with Crippen molar-refractivity contribution < 1.29 is 9.84 Å². The summed E-state index contributed by atoms with van der Waals surface area (Å²) in [6, 6.07) is 14.7. The lowest BCUT2D eigenvalue weighted by Gasteiger charge is -2.08. The van der Waals surface area contributed by atoms with Gasteiger partial charge in [-0.1, -0.05) is 24.3 Å². The molecule has 0 aliphatic rings. The van der Waals surface area contributed by atoms with E-state index in [0.29, 0.717) is 23.8 Å². The van der Waals surface area contributed by atoms with Gasteiger partial charge in [-0.05, 0) is 49.0 Å². The molecule has 2 aromatic carbocycles. The Hall–Kier alpha value is -2.60. The van der Waals surface area contributed by atoms with E-state index in [2.05, 4.69) is 15.8 Å². The minimum Gasteiger partial charge on any atom is -0.507 e. The molecule has 0 aliphatic heterocycles. The van der Waals surface area contributed by atoms with Gasteiger partial charge in [0.05, 0.1) is 12.8 Å². The monoisotopic (exact) mass is 329 g/mol. The highest BCUT2D eigenvalue weighted by molar-refractivity contribution is 7.80. The fourth-order valence-corrected chi connectivity index (χ4v) is 1.97. The highest BCUT2D eigenvalue weighted by atomic mass is 32.1.